The van der Waals surface area contributed by atoms with Gasteiger partial charge in [-0.3, -0.25) is 0 Å². The highest BCUT2D eigenvalue weighted by Crippen LogP contribution is 2.46. The highest BCUT2D eigenvalue weighted by molar-refractivity contribution is 7.09. The largest absolute Gasteiger partial charge is 0.386 e. The molecule has 0 saturated carbocycles. The normalized spacial score (nSPS) is 23.3. The number of hydrogen-bond donors (Lipinski definition) is 2. The van der Waals surface area contributed by atoms with E-state index in [0.717, 1.165) is 23.5 Å². The Bertz CT molecular complexity index is 595. The Balaban J connectivity index is 2.06. The Morgan fingerprint density at radius 3 is 2.95 bits per heavy atom. The van der Waals surface area contributed by atoms with E-state index in [4.69, 9.17) is 5.73 Å². The second kappa shape index (κ2) is 4.71. The van der Waals surface area contributed by atoms with Gasteiger partial charge < -0.3 is 10.8 Å². The van der Waals surface area contributed by atoms with Crippen LogP contribution in [0, 0.1) is 6.92 Å². The molecule has 1 aliphatic rings. The summed E-state index contributed by atoms with van der Waals surface area (Å²) in [6, 6.07) is 8.29. The van der Waals surface area contributed by atoms with Gasteiger partial charge in [-0.05, 0) is 30.9 Å². The fraction of sp³-hybridized carbons (Fsp3) is 0.400. The molecular weight excluding hydrogens is 256 g/mol. The van der Waals surface area contributed by atoms with Crippen molar-refractivity contribution in [2.75, 3.05) is 6.54 Å². The Morgan fingerprint density at radius 1 is 1.47 bits per heavy atom. The third kappa shape index (κ3) is 1.91. The molecule has 1 aromatic heterocycles. The van der Waals surface area contributed by atoms with E-state index in [2.05, 4.69) is 17.1 Å². The second-order valence-electron chi connectivity index (χ2n) is 5.21. The fourth-order valence-corrected chi connectivity index (χ4v) is 3.74. The molecule has 100 valence electrons. The summed E-state index contributed by atoms with van der Waals surface area (Å²) in [7, 11) is 0. The van der Waals surface area contributed by atoms with Crippen molar-refractivity contribution in [3.05, 3.63) is 51.5 Å². The van der Waals surface area contributed by atoms with Crippen LogP contribution in [0.2, 0.25) is 0 Å². The van der Waals surface area contributed by atoms with Gasteiger partial charge in [-0.25, -0.2) is 4.98 Å². The van der Waals surface area contributed by atoms with Crippen LogP contribution in [0.4, 0.5) is 0 Å². The molecule has 2 atom stereocenters. The van der Waals surface area contributed by atoms with Crippen molar-refractivity contribution in [2.24, 2.45) is 5.73 Å². The Hall–Kier alpha value is -1.23. The summed E-state index contributed by atoms with van der Waals surface area (Å²) in [5.41, 5.74) is 8.92. The first-order valence-corrected chi connectivity index (χ1v) is 7.44. The van der Waals surface area contributed by atoms with Gasteiger partial charge in [-0.2, -0.15) is 0 Å². The predicted octanol–water partition coefficient (Wildman–Crippen LogP) is 2.33. The summed E-state index contributed by atoms with van der Waals surface area (Å²) in [6.45, 7) is 2.40. The number of hydrogen-bond acceptors (Lipinski definition) is 4. The minimum atomic E-state index is -0.619. The Morgan fingerprint density at radius 2 is 2.26 bits per heavy atom. The minimum absolute atomic E-state index is 0.378. The van der Waals surface area contributed by atoms with Gasteiger partial charge in [0.25, 0.3) is 0 Å². The van der Waals surface area contributed by atoms with E-state index in [0.29, 0.717) is 6.54 Å². The van der Waals surface area contributed by atoms with E-state index < -0.39 is 6.10 Å². The number of aliphatic hydroxyl groups excluding tert-OH is 1. The van der Waals surface area contributed by atoms with Crippen LogP contribution >= 0.6 is 11.3 Å². The standard InChI is InChI=1S/C15H18N2OS/c1-10-17-13(8-19-10)14(18)15(9-16)7-6-11-4-2-3-5-12(11)15/h2-5,8,14,18H,6-7,9,16H2,1H3. The van der Waals surface area contributed by atoms with Crippen molar-refractivity contribution >= 4 is 11.3 Å². The molecule has 19 heavy (non-hydrogen) atoms. The lowest BCUT2D eigenvalue weighted by Crippen LogP contribution is -2.39. The highest BCUT2D eigenvalue weighted by atomic mass is 32.1. The zero-order valence-electron chi connectivity index (χ0n) is 11.0. The Labute approximate surface area is 117 Å². The fourth-order valence-electron chi connectivity index (χ4n) is 3.11. The Kier molecular flexibility index (Phi) is 3.17. The van der Waals surface area contributed by atoms with Crippen LogP contribution in [0.3, 0.4) is 0 Å². The molecule has 0 amide bonds. The van der Waals surface area contributed by atoms with E-state index in [1.165, 1.54) is 11.1 Å². The third-order valence-electron chi connectivity index (χ3n) is 4.20. The maximum absolute atomic E-state index is 10.8. The summed E-state index contributed by atoms with van der Waals surface area (Å²) < 4.78 is 0. The van der Waals surface area contributed by atoms with Crippen LogP contribution in [-0.2, 0) is 11.8 Å². The maximum atomic E-state index is 10.8. The monoisotopic (exact) mass is 274 g/mol. The number of thiazole rings is 1. The number of benzene rings is 1. The second-order valence-corrected chi connectivity index (χ2v) is 6.27. The molecule has 1 aliphatic carbocycles. The van der Waals surface area contributed by atoms with E-state index in [-0.39, 0.29) is 5.41 Å². The zero-order chi connectivity index (χ0) is 13.5. The molecule has 0 fully saturated rings. The van der Waals surface area contributed by atoms with Crippen molar-refractivity contribution in [1.29, 1.82) is 0 Å². The van der Waals surface area contributed by atoms with Gasteiger partial charge in [-0.15, -0.1) is 11.3 Å². The molecule has 2 unspecified atom stereocenters. The summed E-state index contributed by atoms with van der Waals surface area (Å²) in [5.74, 6) is 0. The zero-order valence-corrected chi connectivity index (χ0v) is 11.8. The summed E-state index contributed by atoms with van der Waals surface area (Å²) in [5, 5.41) is 13.7. The van der Waals surface area contributed by atoms with Crippen LogP contribution in [0.25, 0.3) is 0 Å². The van der Waals surface area contributed by atoms with Gasteiger partial charge in [0, 0.05) is 17.3 Å². The molecule has 0 spiro atoms. The van der Waals surface area contributed by atoms with Crippen molar-refractivity contribution < 1.29 is 5.11 Å². The molecular formula is C15H18N2OS. The molecule has 0 bridgehead atoms. The molecule has 0 radical (unpaired) electrons. The van der Waals surface area contributed by atoms with Crippen molar-refractivity contribution in [3.63, 3.8) is 0 Å². The van der Waals surface area contributed by atoms with Gasteiger partial charge in [-0.1, -0.05) is 24.3 Å². The van der Waals surface area contributed by atoms with Crippen LogP contribution in [0.1, 0.15) is 34.4 Å². The quantitative estimate of drug-likeness (QED) is 0.903. The maximum Gasteiger partial charge on any atom is 0.108 e. The number of rotatable bonds is 3. The average molecular weight is 274 g/mol. The van der Waals surface area contributed by atoms with Crippen molar-refractivity contribution in [2.45, 2.75) is 31.3 Å². The lowest BCUT2D eigenvalue weighted by Gasteiger charge is -2.33. The lowest BCUT2D eigenvalue weighted by molar-refractivity contribution is 0.0806. The third-order valence-corrected chi connectivity index (χ3v) is 4.99. The van der Waals surface area contributed by atoms with E-state index in [1.54, 1.807) is 11.3 Å². The number of nitrogens with two attached hydrogens (primary N) is 1. The van der Waals surface area contributed by atoms with Crippen LogP contribution < -0.4 is 5.73 Å². The number of aromatic nitrogens is 1. The number of nitrogens with zero attached hydrogens (tertiary/aromatic N) is 1. The van der Waals surface area contributed by atoms with Crippen LogP contribution in [0.15, 0.2) is 29.6 Å². The molecule has 0 saturated heterocycles. The van der Waals surface area contributed by atoms with Crippen LogP contribution in [-0.4, -0.2) is 16.6 Å². The lowest BCUT2D eigenvalue weighted by atomic mass is 9.75. The molecule has 2 aromatic rings. The molecule has 0 aliphatic heterocycles. The first-order chi connectivity index (χ1) is 9.17. The molecule has 3 N–H and O–H groups in total. The first kappa shape index (κ1) is 12.8. The van der Waals surface area contributed by atoms with Gasteiger partial charge >= 0.3 is 0 Å². The van der Waals surface area contributed by atoms with Crippen molar-refractivity contribution in [1.82, 2.24) is 4.98 Å². The number of aryl methyl sites for hydroxylation is 2. The van der Waals surface area contributed by atoms with Gasteiger partial charge in [0.2, 0.25) is 0 Å². The van der Waals surface area contributed by atoms with Gasteiger partial charge in [0.05, 0.1) is 10.7 Å². The molecule has 1 aromatic carbocycles. The smallest absolute Gasteiger partial charge is 0.108 e. The van der Waals surface area contributed by atoms with Crippen LogP contribution in [0.5, 0.6) is 0 Å². The minimum Gasteiger partial charge on any atom is -0.386 e. The predicted molar refractivity (Wildman–Crippen MR) is 77.3 cm³/mol. The SMILES string of the molecule is Cc1nc(C(O)C2(CN)CCc3ccccc32)cs1. The van der Waals surface area contributed by atoms with Crippen molar-refractivity contribution in [3.8, 4) is 0 Å². The first-order valence-electron chi connectivity index (χ1n) is 6.56. The molecule has 4 heteroatoms. The number of fused-ring (bicyclic) bond motifs is 1. The van der Waals surface area contributed by atoms with E-state index >= 15 is 0 Å². The summed E-state index contributed by atoms with van der Waals surface area (Å²) >= 11 is 1.57. The molecule has 1 heterocycles. The average Bonchev–Trinajstić information content (AvgIpc) is 3.02. The molecule has 3 nitrogen and oxygen atoms in total. The molecule has 3 rings (SSSR count). The van der Waals surface area contributed by atoms with E-state index in [1.807, 2.05) is 24.4 Å². The number of aliphatic hydroxyl groups is 1. The summed E-state index contributed by atoms with van der Waals surface area (Å²) in [6.07, 6.45) is 1.25. The highest BCUT2D eigenvalue weighted by Gasteiger charge is 2.44. The van der Waals surface area contributed by atoms with Gasteiger partial charge in [0.15, 0.2) is 0 Å². The van der Waals surface area contributed by atoms with Gasteiger partial charge in [0.1, 0.15) is 6.10 Å². The van der Waals surface area contributed by atoms with E-state index in [9.17, 15) is 5.11 Å². The summed E-state index contributed by atoms with van der Waals surface area (Å²) in [4.78, 5) is 4.43. The topological polar surface area (TPSA) is 59.1 Å².